The Hall–Kier alpha value is -1.37. The molecule has 0 bridgehead atoms. The van der Waals surface area contributed by atoms with Crippen molar-refractivity contribution < 1.29 is 4.52 Å². The van der Waals surface area contributed by atoms with E-state index >= 15 is 0 Å². The topological polar surface area (TPSA) is 62.7 Å². The SMILES string of the molecule is CCC(C)(CC#N)Cc1nc(CCC(C)C)no1. The van der Waals surface area contributed by atoms with Crippen LogP contribution in [0.1, 0.15) is 58.7 Å². The van der Waals surface area contributed by atoms with Crippen LogP contribution in [0.3, 0.4) is 0 Å². The quantitative estimate of drug-likeness (QED) is 0.741. The van der Waals surface area contributed by atoms with Crippen LogP contribution in [0.4, 0.5) is 0 Å². The second kappa shape index (κ2) is 6.53. The zero-order chi connectivity index (χ0) is 13.6. The van der Waals surface area contributed by atoms with Crippen molar-refractivity contribution in [2.24, 2.45) is 11.3 Å². The summed E-state index contributed by atoms with van der Waals surface area (Å²) in [6, 6.07) is 2.24. The number of hydrogen-bond acceptors (Lipinski definition) is 4. The fourth-order valence-corrected chi connectivity index (χ4v) is 1.75. The second-order valence-electron chi connectivity index (χ2n) is 5.71. The van der Waals surface area contributed by atoms with Crippen LogP contribution < -0.4 is 0 Å². The summed E-state index contributed by atoms with van der Waals surface area (Å²) in [6.07, 6.45) is 4.08. The minimum Gasteiger partial charge on any atom is -0.339 e. The van der Waals surface area contributed by atoms with Crippen molar-refractivity contribution >= 4 is 0 Å². The van der Waals surface area contributed by atoms with E-state index in [1.165, 1.54) is 0 Å². The average Bonchev–Trinajstić information content (AvgIpc) is 2.74. The highest BCUT2D eigenvalue weighted by atomic mass is 16.5. The number of aryl methyl sites for hydroxylation is 1. The molecule has 0 aliphatic carbocycles. The number of nitrogens with zero attached hydrogens (tertiary/aromatic N) is 3. The van der Waals surface area contributed by atoms with E-state index in [9.17, 15) is 0 Å². The molecule has 0 radical (unpaired) electrons. The van der Waals surface area contributed by atoms with Crippen LogP contribution >= 0.6 is 0 Å². The molecular formula is C14H23N3O. The second-order valence-corrected chi connectivity index (χ2v) is 5.71. The van der Waals surface area contributed by atoms with Crippen molar-refractivity contribution in [3.63, 3.8) is 0 Å². The van der Waals surface area contributed by atoms with Gasteiger partial charge in [0.05, 0.1) is 6.07 Å². The number of nitriles is 1. The molecule has 0 aromatic carbocycles. The summed E-state index contributed by atoms with van der Waals surface area (Å²) in [5.41, 5.74) is -0.0589. The predicted molar refractivity (Wildman–Crippen MR) is 69.8 cm³/mol. The normalized spacial score (nSPS) is 14.4. The van der Waals surface area contributed by atoms with Crippen LogP contribution in [0.5, 0.6) is 0 Å². The molecule has 1 rings (SSSR count). The Labute approximate surface area is 109 Å². The minimum atomic E-state index is -0.0589. The molecule has 0 saturated heterocycles. The monoisotopic (exact) mass is 249 g/mol. The highest BCUT2D eigenvalue weighted by Gasteiger charge is 2.25. The average molecular weight is 249 g/mol. The molecular weight excluding hydrogens is 226 g/mol. The fourth-order valence-electron chi connectivity index (χ4n) is 1.75. The third-order valence-electron chi connectivity index (χ3n) is 3.39. The van der Waals surface area contributed by atoms with E-state index in [1.807, 2.05) is 0 Å². The maximum atomic E-state index is 8.84. The summed E-state index contributed by atoms with van der Waals surface area (Å²) in [5.74, 6) is 2.09. The molecule has 1 unspecified atom stereocenters. The van der Waals surface area contributed by atoms with Gasteiger partial charge in [-0.3, -0.25) is 0 Å². The van der Waals surface area contributed by atoms with Crippen molar-refractivity contribution in [2.75, 3.05) is 0 Å². The van der Waals surface area contributed by atoms with Gasteiger partial charge in [-0.1, -0.05) is 32.9 Å². The fraction of sp³-hybridized carbons (Fsp3) is 0.786. The number of aromatic nitrogens is 2. The van der Waals surface area contributed by atoms with E-state index in [-0.39, 0.29) is 5.41 Å². The molecule has 1 atom stereocenters. The van der Waals surface area contributed by atoms with E-state index in [2.05, 4.69) is 43.9 Å². The maximum Gasteiger partial charge on any atom is 0.227 e. The third kappa shape index (κ3) is 4.48. The Morgan fingerprint density at radius 3 is 2.72 bits per heavy atom. The van der Waals surface area contributed by atoms with Crippen LogP contribution in [0.25, 0.3) is 0 Å². The molecule has 0 fully saturated rings. The van der Waals surface area contributed by atoms with Gasteiger partial charge in [0, 0.05) is 19.3 Å². The summed E-state index contributed by atoms with van der Waals surface area (Å²) >= 11 is 0. The molecule has 0 N–H and O–H groups in total. The van der Waals surface area contributed by atoms with Gasteiger partial charge in [-0.05, 0) is 24.2 Å². The van der Waals surface area contributed by atoms with Crippen LogP contribution in [0.15, 0.2) is 4.52 Å². The van der Waals surface area contributed by atoms with E-state index < -0.39 is 0 Å². The van der Waals surface area contributed by atoms with E-state index in [0.717, 1.165) is 25.1 Å². The standard InChI is InChI=1S/C14H23N3O/c1-5-14(4,8-9-15)10-13-16-12(17-18-13)7-6-11(2)3/h11H,5-8,10H2,1-4H3. The molecule has 1 aromatic rings. The first-order valence-corrected chi connectivity index (χ1v) is 6.67. The first-order valence-electron chi connectivity index (χ1n) is 6.67. The molecule has 0 saturated carbocycles. The van der Waals surface area contributed by atoms with Crippen molar-refractivity contribution in [1.82, 2.24) is 10.1 Å². The van der Waals surface area contributed by atoms with Crippen LogP contribution in [-0.4, -0.2) is 10.1 Å². The predicted octanol–water partition coefficient (Wildman–Crippen LogP) is 3.53. The Morgan fingerprint density at radius 2 is 2.17 bits per heavy atom. The largest absolute Gasteiger partial charge is 0.339 e. The van der Waals surface area contributed by atoms with E-state index in [4.69, 9.17) is 9.78 Å². The van der Waals surface area contributed by atoms with E-state index in [0.29, 0.717) is 24.7 Å². The van der Waals surface area contributed by atoms with Crippen molar-refractivity contribution in [1.29, 1.82) is 5.26 Å². The molecule has 0 amide bonds. The summed E-state index contributed by atoms with van der Waals surface area (Å²) in [4.78, 5) is 4.41. The van der Waals surface area contributed by atoms with Gasteiger partial charge in [0.15, 0.2) is 5.82 Å². The summed E-state index contributed by atoms with van der Waals surface area (Å²) in [5, 5.41) is 12.8. The van der Waals surface area contributed by atoms with Gasteiger partial charge in [0.1, 0.15) is 0 Å². The van der Waals surface area contributed by atoms with Crippen LogP contribution in [-0.2, 0) is 12.8 Å². The Morgan fingerprint density at radius 1 is 1.44 bits per heavy atom. The van der Waals surface area contributed by atoms with Gasteiger partial charge in [-0.25, -0.2) is 0 Å². The summed E-state index contributed by atoms with van der Waals surface area (Å²) < 4.78 is 5.27. The van der Waals surface area contributed by atoms with Gasteiger partial charge < -0.3 is 4.52 Å². The lowest BCUT2D eigenvalue weighted by Gasteiger charge is -2.22. The molecule has 0 spiro atoms. The molecule has 4 nitrogen and oxygen atoms in total. The van der Waals surface area contributed by atoms with Crippen LogP contribution in [0.2, 0.25) is 0 Å². The van der Waals surface area contributed by atoms with Crippen molar-refractivity contribution in [3.8, 4) is 6.07 Å². The van der Waals surface area contributed by atoms with E-state index in [1.54, 1.807) is 0 Å². The zero-order valence-corrected chi connectivity index (χ0v) is 11.9. The molecule has 0 aliphatic rings. The smallest absolute Gasteiger partial charge is 0.227 e. The number of rotatable bonds is 7. The summed E-state index contributed by atoms with van der Waals surface area (Å²) in [6.45, 7) is 8.55. The van der Waals surface area contributed by atoms with Gasteiger partial charge in [-0.2, -0.15) is 10.2 Å². The van der Waals surface area contributed by atoms with Gasteiger partial charge in [0.2, 0.25) is 5.89 Å². The first kappa shape index (κ1) is 14.7. The zero-order valence-electron chi connectivity index (χ0n) is 11.9. The van der Waals surface area contributed by atoms with Gasteiger partial charge in [0.25, 0.3) is 0 Å². The lowest BCUT2D eigenvalue weighted by Crippen LogP contribution is -2.18. The van der Waals surface area contributed by atoms with Crippen molar-refractivity contribution in [2.45, 2.75) is 59.8 Å². The van der Waals surface area contributed by atoms with Gasteiger partial charge in [-0.15, -0.1) is 0 Å². The Bertz CT molecular complexity index is 405. The molecule has 100 valence electrons. The molecule has 4 heteroatoms. The summed E-state index contributed by atoms with van der Waals surface area (Å²) in [7, 11) is 0. The Balaban J connectivity index is 2.60. The highest BCUT2D eigenvalue weighted by molar-refractivity contribution is 4.94. The molecule has 1 aromatic heterocycles. The number of hydrogen-bond donors (Lipinski definition) is 0. The molecule has 0 aliphatic heterocycles. The van der Waals surface area contributed by atoms with Gasteiger partial charge >= 0.3 is 0 Å². The Kier molecular flexibility index (Phi) is 5.33. The lowest BCUT2D eigenvalue weighted by atomic mass is 9.81. The third-order valence-corrected chi connectivity index (χ3v) is 3.39. The molecule has 18 heavy (non-hydrogen) atoms. The maximum absolute atomic E-state index is 8.84. The first-order chi connectivity index (χ1) is 8.49. The van der Waals surface area contributed by atoms with Crippen LogP contribution in [0, 0.1) is 22.7 Å². The molecule has 1 heterocycles. The van der Waals surface area contributed by atoms with Crippen molar-refractivity contribution in [3.05, 3.63) is 11.7 Å². The lowest BCUT2D eigenvalue weighted by molar-refractivity contribution is 0.265. The highest BCUT2D eigenvalue weighted by Crippen LogP contribution is 2.29. The minimum absolute atomic E-state index is 0.0589.